The van der Waals surface area contributed by atoms with E-state index in [0.29, 0.717) is 10.7 Å². The van der Waals surface area contributed by atoms with E-state index < -0.39 is 18.0 Å². The number of benzene rings is 2. The van der Waals surface area contributed by atoms with Crippen LogP contribution in [0, 0.1) is 5.92 Å². The number of hydrogen-bond acceptors (Lipinski definition) is 6. The van der Waals surface area contributed by atoms with Crippen molar-refractivity contribution in [3.8, 4) is 11.3 Å². The molecule has 0 bridgehead atoms. The van der Waals surface area contributed by atoms with Gasteiger partial charge in [0.2, 0.25) is 12.0 Å². The molecule has 0 saturated heterocycles. The maximum atomic E-state index is 12.8. The zero-order valence-electron chi connectivity index (χ0n) is 18.1. The summed E-state index contributed by atoms with van der Waals surface area (Å²) in [6.07, 6.45) is 1.78. The van der Waals surface area contributed by atoms with Gasteiger partial charge in [-0.2, -0.15) is 0 Å². The maximum absolute atomic E-state index is 12.8. The lowest BCUT2D eigenvalue weighted by molar-refractivity contribution is -0.152. The molecule has 168 valence electrons. The molecule has 1 aromatic heterocycles. The number of ether oxygens (including phenoxy) is 1. The molecule has 5 rings (SSSR count). The van der Waals surface area contributed by atoms with Gasteiger partial charge < -0.3 is 9.64 Å². The van der Waals surface area contributed by atoms with Crippen molar-refractivity contribution < 1.29 is 19.1 Å². The maximum Gasteiger partial charge on any atom is 0.303 e. The summed E-state index contributed by atoms with van der Waals surface area (Å²) < 4.78 is 5.26. The Morgan fingerprint density at radius 3 is 2.67 bits per heavy atom. The van der Waals surface area contributed by atoms with Crippen LogP contribution in [0.1, 0.15) is 37.0 Å². The fourth-order valence-electron chi connectivity index (χ4n) is 4.04. The highest BCUT2D eigenvalue weighted by molar-refractivity contribution is 7.14. The van der Waals surface area contributed by atoms with E-state index in [1.807, 2.05) is 28.5 Å². The number of carbonyl (C=O) groups is 3. The first-order valence-corrected chi connectivity index (χ1v) is 11.8. The molecule has 33 heavy (non-hydrogen) atoms. The van der Waals surface area contributed by atoms with Gasteiger partial charge in [-0.05, 0) is 37.0 Å². The summed E-state index contributed by atoms with van der Waals surface area (Å²) in [6, 6.07) is 14.9. The number of fused-ring (bicyclic) bond motifs is 1. The molecule has 7 nitrogen and oxygen atoms in total. The number of nitrogens with zero attached hydrogens (tertiary/aromatic N) is 2. The summed E-state index contributed by atoms with van der Waals surface area (Å²) in [4.78, 5) is 43.3. The summed E-state index contributed by atoms with van der Waals surface area (Å²) in [6.45, 7) is 2.00. The normalized spacial score (nSPS) is 15.6. The fraction of sp³-hybridized carbons (Fsp3) is 0.280. The molecule has 8 heteroatoms. The van der Waals surface area contributed by atoms with Gasteiger partial charge in [0.15, 0.2) is 5.13 Å². The average molecular weight is 462 g/mol. The van der Waals surface area contributed by atoms with Crippen LogP contribution in [-0.2, 0) is 25.5 Å². The Balaban J connectivity index is 1.31. The van der Waals surface area contributed by atoms with Crippen molar-refractivity contribution >= 4 is 39.9 Å². The van der Waals surface area contributed by atoms with Crippen LogP contribution in [0.3, 0.4) is 0 Å². The van der Waals surface area contributed by atoms with Gasteiger partial charge in [0.05, 0.1) is 5.69 Å². The number of amides is 2. The van der Waals surface area contributed by atoms with Crippen LogP contribution in [0.5, 0.6) is 0 Å². The Morgan fingerprint density at radius 2 is 1.94 bits per heavy atom. The molecule has 1 N–H and O–H groups in total. The molecule has 2 heterocycles. The Kier molecular flexibility index (Phi) is 5.68. The molecular formula is C25H23N3O4S. The van der Waals surface area contributed by atoms with Crippen molar-refractivity contribution in [2.75, 3.05) is 16.8 Å². The number of aromatic nitrogens is 1. The molecule has 1 fully saturated rings. The van der Waals surface area contributed by atoms with Gasteiger partial charge >= 0.3 is 5.97 Å². The van der Waals surface area contributed by atoms with Gasteiger partial charge in [-0.1, -0.05) is 36.4 Å². The predicted molar refractivity (Wildman–Crippen MR) is 126 cm³/mol. The number of esters is 1. The first kappa shape index (κ1) is 21.3. The number of carbonyl (C=O) groups excluding carboxylic acids is 3. The lowest BCUT2D eigenvalue weighted by Crippen LogP contribution is -2.30. The first-order valence-electron chi connectivity index (χ1n) is 10.9. The third kappa shape index (κ3) is 4.52. The van der Waals surface area contributed by atoms with Gasteiger partial charge in [0, 0.05) is 41.6 Å². The Morgan fingerprint density at radius 1 is 1.15 bits per heavy atom. The van der Waals surface area contributed by atoms with Crippen molar-refractivity contribution in [1.82, 2.24) is 4.98 Å². The number of thiazole rings is 1. The Bertz CT molecular complexity index is 1220. The van der Waals surface area contributed by atoms with Crippen LogP contribution < -0.4 is 10.2 Å². The highest BCUT2D eigenvalue weighted by Crippen LogP contribution is 2.38. The molecule has 3 aromatic rings. The quantitative estimate of drug-likeness (QED) is 0.551. The van der Waals surface area contributed by atoms with E-state index in [2.05, 4.69) is 16.4 Å². The third-order valence-corrected chi connectivity index (χ3v) is 6.58. The zero-order chi connectivity index (χ0) is 22.9. The van der Waals surface area contributed by atoms with Crippen LogP contribution in [-0.4, -0.2) is 29.3 Å². The van der Waals surface area contributed by atoms with Crippen molar-refractivity contribution in [2.45, 2.75) is 32.3 Å². The van der Waals surface area contributed by atoms with Crippen molar-refractivity contribution in [3.05, 3.63) is 65.0 Å². The molecular weight excluding hydrogens is 438 g/mol. The molecule has 0 unspecified atom stereocenters. The highest BCUT2D eigenvalue weighted by Gasteiger charge is 2.36. The number of rotatable bonds is 6. The lowest BCUT2D eigenvalue weighted by Gasteiger charge is -2.17. The van der Waals surface area contributed by atoms with Crippen molar-refractivity contribution in [3.63, 3.8) is 0 Å². The molecule has 1 aliphatic heterocycles. The summed E-state index contributed by atoms with van der Waals surface area (Å²) in [5, 5.41) is 5.07. The van der Waals surface area contributed by atoms with Gasteiger partial charge in [0.25, 0.3) is 5.91 Å². The molecule has 0 radical (unpaired) electrons. The monoisotopic (exact) mass is 461 g/mol. The standard InChI is InChI=1S/C25H23N3O4S/c1-15(29)32-22(16-5-3-2-4-6-16)23(30)27-25-26-20(14-33-25)18-9-10-21-19(13-18)11-12-28(21)24(31)17-7-8-17/h2-6,9-10,13-14,17,22H,7-8,11-12H2,1H3,(H,26,27,30)/t22-/m1/s1. The minimum absolute atomic E-state index is 0.201. The molecule has 1 saturated carbocycles. The molecule has 1 atom stereocenters. The summed E-state index contributed by atoms with van der Waals surface area (Å²) in [7, 11) is 0. The summed E-state index contributed by atoms with van der Waals surface area (Å²) in [5.74, 6) is -0.556. The predicted octanol–water partition coefficient (Wildman–Crippen LogP) is 4.35. The molecule has 2 aliphatic rings. The van der Waals surface area contributed by atoms with Crippen LogP contribution in [0.25, 0.3) is 11.3 Å². The van der Waals surface area contributed by atoms with Gasteiger partial charge in [0.1, 0.15) is 0 Å². The van der Waals surface area contributed by atoms with E-state index >= 15 is 0 Å². The minimum atomic E-state index is -1.05. The second-order valence-corrected chi connectivity index (χ2v) is 9.14. The Hall–Kier alpha value is -3.52. The SMILES string of the molecule is CC(=O)O[C@@H](C(=O)Nc1nc(-c2ccc3c(c2)CCN3C(=O)C2CC2)cs1)c1ccccc1. The topological polar surface area (TPSA) is 88.6 Å². The number of nitrogens with one attached hydrogen (secondary N) is 1. The number of hydrogen-bond donors (Lipinski definition) is 1. The van der Waals surface area contributed by atoms with E-state index in [4.69, 9.17) is 4.74 Å². The summed E-state index contributed by atoms with van der Waals surface area (Å²) in [5.41, 5.74) is 4.40. The van der Waals surface area contributed by atoms with Gasteiger partial charge in [-0.15, -0.1) is 11.3 Å². The second kappa shape index (κ2) is 8.78. The fourth-order valence-corrected chi connectivity index (χ4v) is 4.76. The lowest BCUT2D eigenvalue weighted by atomic mass is 10.1. The van der Waals surface area contributed by atoms with Gasteiger partial charge in [-0.25, -0.2) is 4.98 Å². The third-order valence-electron chi connectivity index (χ3n) is 5.82. The minimum Gasteiger partial charge on any atom is -0.447 e. The van der Waals surface area contributed by atoms with Crippen LogP contribution >= 0.6 is 11.3 Å². The zero-order valence-corrected chi connectivity index (χ0v) is 18.9. The smallest absolute Gasteiger partial charge is 0.303 e. The number of anilines is 2. The first-order chi connectivity index (χ1) is 16.0. The molecule has 0 spiro atoms. The van der Waals surface area contributed by atoms with Crippen LogP contribution in [0.4, 0.5) is 10.8 Å². The summed E-state index contributed by atoms with van der Waals surface area (Å²) >= 11 is 1.31. The second-order valence-electron chi connectivity index (χ2n) is 8.28. The van der Waals surface area contributed by atoms with E-state index in [9.17, 15) is 14.4 Å². The largest absolute Gasteiger partial charge is 0.447 e. The molecule has 2 aromatic carbocycles. The van der Waals surface area contributed by atoms with E-state index in [1.54, 1.807) is 24.3 Å². The highest BCUT2D eigenvalue weighted by atomic mass is 32.1. The van der Waals surface area contributed by atoms with Crippen LogP contribution in [0.15, 0.2) is 53.9 Å². The van der Waals surface area contributed by atoms with Gasteiger partial charge in [-0.3, -0.25) is 19.7 Å². The van der Waals surface area contributed by atoms with E-state index in [1.165, 1.54) is 18.3 Å². The molecule has 2 amide bonds. The van der Waals surface area contributed by atoms with Crippen LogP contribution in [0.2, 0.25) is 0 Å². The van der Waals surface area contributed by atoms with E-state index in [0.717, 1.165) is 48.3 Å². The molecule has 1 aliphatic carbocycles. The van der Waals surface area contributed by atoms with E-state index in [-0.39, 0.29) is 11.8 Å². The van der Waals surface area contributed by atoms with Crippen molar-refractivity contribution in [1.29, 1.82) is 0 Å². The average Bonchev–Trinajstić information content (AvgIpc) is 3.42. The Labute approximate surface area is 195 Å². The van der Waals surface area contributed by atoms with Crippen molar-refractivity contribution in [2.24, 2.45) is 5.92 Å².